The van der Waals surface area contributed by atoms with Crippen LogP contribution in [0.2, 0.25) is 0 Å². The van der Waals surface area contributed by atoms with E-state index in [1.54, 1.807) is 0 Å². The van der Waals surface area contributed by atoms with E-state index in [4.69, 9.17) is 9.73 Å². The molecule has 0 fully saturated rings. The van der Waals surface area contributed by atoms with Gasteiger partial charge in [0.1, 0.15) is 5.75 Å². The summed E-state index contributed by atoms with van der Waals surface area (Å²) in [6.07, 6.45) is 3.08. The number of rotatable bonds is 12. The smallest absolute Gasteiger partial charge is 0.265 e. The number of para-hydroxylation sites is 2. The van der Waals surface area contributed by atoms with Gasteiger partial charge in [0.15, 0.2) is 12.6 Å². The van der Waals surface area contributed by atoms with Gasteiger partial charge in [-0.15, -0.1) is 0 Å². The predicted octanol–water partition coefficient (Wildman–Crippen LogP) is 2.87. The number of benzene rings is 1. The number of nitrogens with one attached hydrogen (secondary N) is 2. The molecule has 1 atom stereocenters. The Morgan fingerprint density at radius 3 is 2.73 bits per heavy atom. The van der Waals surface area contributed by atoms with Gasteiger partial charge in [-0.2, -0.15) is 0 Å². The Balaban J connectivity index is 1.80. The van der Waals surface area contributed by atoms with Gasteiger partial charge in [0.25, 0.3) is 5.91 Å². The largest absolute Gasteiger partial charge is 0.482 e. The van der Waals surface area contributed by atoms with Crippen molar-refractivity contribution in [3.05, 3.63) is 24.3 Å². The molecular weight excluding hydrogens is 378 g/mol. The normalized spacial score (nSPS) is 15.0. The zero-order valence-electron chi connectivity index (χ0n) is 19.1. The number of carbonyl (C=O) groups is 1. The Morgan fingerprint density at radius 2 is 2.00 bits per heavy atom. The highest BCUT2D eigenvalue weighted by molar-refractivity contribution is 5.97. The molecule has 0 aliphatic carbocycles. The lowest BCUT2D eigenvalue weighted by atomic mass is 10.2. The highest BCUT2D eigenvalue weighted by Crippen LogP contribution is 2.31. The summed E-state index contributed by atoms with van der Waals surface area (Å²) in [6.45, 7) is 14.3. The Bertz CT molecular complexity index is 675. The van der Waals surface area contributed by atoms with Gasteiger partial charge in [0.2, 0.25) is 0 Å². The number of anilines is 1. The van der Waals surface area contributed by atoms with Gasteiger partial charge in [0, 0.05) is 25.7 Å². The maximum atomic E-state index is 12.3. The molecule has 168 valence electrons. The van der Waals surface area contributed by atoms with E-state index in [9.17, 15) is 4.79 Å². The summed E-state index contributed by atoms with van der Waals surface area (Å²) in [5.74, 6) is 1.63. The van der Waals surface area contributed by atoms with E-state index in [2.05, 4.69) is 43.2 Å². The van der Waals surface area contributed by atoms with Crippen LogP contribution in [0.4, 0.5) is 5.69 Å². The monoisotopic (exact) mass is 417 g/mol. The van der Waals surface area contributed by atoms with E-state index in [0.29, 0.717) is 19.1 Å². The first-order chi connectivity index (χ1) is 14.6. The molecule has 0 saturated heterocycles. The minimum atomic E-state index is 0.00420. The van der Waals surface area contributed by atoms with Crippen molar-refractivity contribution in [3.63, 3.8) is 0 Å². The molecule has 1 aromatic carbocycles. The molecule has 1 aliphatic rings. The lowest BCUT2D eigenvalue weighted by molar-refractivity contribution is -0.121. The predicted molar refractivity (Wildman–Crippen MR) is 125 cm³/mol. The zero-order chi connectivity index (χ0) is 21.8. The Labute approximate surface area is 181 Å². The highest BCUT2D eigenvalue weighted by Gasteiger charge is 2.24. The Kier molecular flexibility index (Phi) is 10.5. The van der Waals surface area contributed by atoms with Gasteiger partial charge in [-0.1, -0.05) is 26.0 Å². The second-order valence-corrected chi connectivity index (χ2v) is 7.63. The van der Waals surface area contributed by atoms with Gasteiger partial charge in [-0.3, -0.25) is 9.79 Å². The van der Waals surface area contributed by atoms with E-state index in [0.717, 1.165) is 56.4 Å². The van der Waals surface area contributed by atoms with Crippen molar-refractivity contribution in [2.24, 2.45) is 4.99 Å². The van der Waals surface area contributed by atoms with Crippen molar-refractivity contribution >= 4 is 17.6 Å². The van der Waals surface area contributed by atoms with Crippen LogP contribution >= 0.6 is 0 Å². The van der Waals surface area contributed by atoms with E-state index < -0.39 is 0 Å². The van der Waals surface area contributed by atoms with Crippen LogP contribution in [-0.2, 0) is 4.79 Å². The number of aliphatic imine (C=N–C) groups is 1. The van der Waals surface area contributed by atoms with E-state index >= 15 is 0 Å². The molecule has 0 spiro atoms. The minimum Gasteiger partial charge on any atom is -0.482 e. The molecular formula is C23H39N5O2. The van der Waals surface area contributed by atoms with Crippen molar-refractivity contribution in [2.75, 3.05) is 50.8 Å². The van der Waals surface area contributed by atoms with Gasteiger partial charge in [-0.25, -0.2) is 0 Å². The first-order valence-corrected chi connectivity index (χ1v) is 11.4. The van der Waals surface area contributed by atoms with Crippen molar-refractivity contribution in [1.82, 2.24) is 15.5 Å². The van der Waals surface area contributed by atoms with E-state index in [1.165, 1.54) is 6.42 Å². The maximum absolute atomic E-state index is 12.3. The average Bonchev–Trinajstić information content (AvgIpc) is 2.75. The SMILES string of the molecule is CCNC(=NCCCN1C(=O)COc2ccccc21)NC(C)CCCN(CC)CC. The summed E-state index contributed by atoms with van der Waals surface area (Å²) in [4.78, 5) is 21.2. The van der Waals surface area contributed by atoms with Gasteiger partial charge in [0.05, 0.1) is 5.69 Å². The topological polar surface area (TPSA) is 69.2 Å². The standard InChI is InChI=1S/C23H39N5O2/c1-5-24-23(26-19(4)12-10-16-27(6-2)7-3)25-15-11-17-28-20-13-8-9-14-21(20)30-18-22(28)29/h8-9,13-14,19H,5-7,10-12,15-18H2,1-4H3,(H2,24,25,26). The van der Waals surface area contributed by atoms with Crippen molar-refractivity contribution in [2.45, 2.75) is 53.0 Å². The third-order valence-corrected chi connectivity index (χ3v) is 5.35. The van der Waals surface area contributed by atoms with Crippen molar-refractivity contribution in [3.8, 4) is 5.75 Å². The molecule has 2 rings (SSSR count). The van der Waals surface area contributed by atoms with E-state index in [1.807, 2.05) is 29.2 Å². The fourth-order valence-corrected chi connectivity index (χ4v) is 3.61. The van der Waals surface area contributed by atoms with Crippen LogP contribution in [0.3, 0.4) is 0 Å². The molecule has 0 radical (unpaired) electrons. The van der Waals surface area contributed by atoms with Crippen molar-refractivity contribution in [1.29, 1.82) is 0 Å². The molecule has 0 bridgehead atoms. The quantitative estimate of drug-likeness (QED) is 0.311. The number of hydrogen-bond acceptors (Lipinski definition) is 4. The molecule has 0 saturated carbocycles. The third kappa shape index (κ3) is 7.52. The molecule has 1 amide bonds. The summed E-state index contributed by atoms with van der Waals surface area (Å²) in [5.41, 5.74) is 0.851. The summed E-state index contributed by atoms with van der Waals surface area (Å²) in [6, 6.07) is 8.06. The van der Waals surface area contributed by atoms with Crippen LogP contribution in [0.25, 0.3) is 0 Å². The second-order valence-electron chi connectivity index (χ2n) is 7.63. The van der Waals surface area contributed by atoms with Crippen LogP contribution in [0.1, 0.15) is 47.0 Å². The van der Waals surface area contributed by atoms with Crippen LogP contribution in [0.15, 0.2) is 29.3 Å². The fourth-order valence-electron chi connectivity index (χ4n) is 3.61. The molecule has 1 unspecified atom stereocenters. The summed E-state index contributed by atoms with van der Waals surface area (Å²) in [5, 5.41) is 6.84. The third-order valence-electron chi connectivity index (χ3n) is 5.35. The van der Waals surface area contributed by atoms with Gasteiger partial charge in [-0.05, 0) is 64.9 Å². The van der Waals surface area contributed by atoms with Crippen molar-refractivity contribution < 1.29 is 9.53 Å². The maximum Gasteiger partial charge on any atom is 0.265 e. The summed E-state index contributed by atoms with van der Waals surface area (Å²) < 4.78 is 5.51. The number of carbonyl (C=O) groups excluding carboxylic acids is 1. The van der Waals surface area contributed by atoms with Crippen LogP contribution < -0.4 is 20.3 Å². The number of hydrogen-bond donors (Lipinski definition) is 2. The highest BCUT2D eigenvalue weighted by atomic mass is 16.5. The molecule has 1 aromatic rings. The molecule has 7 heteroatoms. The molecule has 2 N–H and O–H groups in total. The average molecular weight is 418 g/mol. The number of amides is 1. The van der Waals surface area contributed by atoms with E-state index in [-0.39, 0.29) is 12.5 Å². The van der Waals surface area contributed by atoms with Crippen LogP contribution in [0, 0.1) is 0 Å². The number of ether oxygens (including phenoxy) is 1. The zero-order valence-corrected chi connectivity index (χ0v) is 19.1. The molecule has 1 heterocycles. The minimum absolute atomic E-state index is 0.00420. The fraction of sp³-hybridized carbons (Fsp3) is 0.652. The summed E-state index contributed by atoms with van der Waals surface area (Å²) >= 11 is 0. The lowest BCUT2D eigenvalue weighted by Gasteiger charge is -2.29. The molecule has 30 heavy (non-hydrogen) atoms. The first kappa shape index (κ1) is 24.0. The van der Waals surface area contributed by atoms with Gasteiger partial charge >= 0.3 is 0 Å². The Morgan fingerprint density at radius 1 is 1.23 bits per heavy atom. The molecule has 1 aliphatic heterocycles. The number of guanidine groups is 1. The molecule has 0 aromatic heterocycles. The van der Waals surface area contributed by atoms with Gasteiger partial charge < -0.3 is 25.2 Å². The lowest BCUT2D eigenvalue weighted by Crippen LogP contribution is -2.43. The Hall–Kier alpha value is -2.28. The van der Waals surface area contributed by atoms with Crippen LogP contribution in [0.5, 0.6) is 5.75 Å². The molecule has 7 nitrogen and oxygen atoms in total. The number of fused-ring (bicyclic) bond motifs is 1. The summed E-state index contributed by atoms with van der Waals surface area (Å²) in [7, 11) is 0. The first-order valence-electron chi connectivity index (χ1n) is 11.4. The number of nitrogens with zero attached hydrogens (tertiary/aromatic N) is 3. The second kappa shape index (κ2) is 13.1. The van der Waals surface area contributed by atoms with Crippen LogP contribution in [-0.4, -0.2) is 68.7 Å².